The third kappa shape index (κ3) is 3.54. The number of aliphatic hydroxyl groups excluding tert-OH is 1. The van der Waals surface area contributed by atoms with Crippen LogP contribution in [0, 0.1) is 12.3 Å². The lowest BCUT2D eigenvalue weighted by atomic mass is 9.83. The fourth-order valence-electron chi connectivity index (χ4n) is 3.28. The van der Waals surface area contributed by atoms with Gasteiger partial charge >= 0.3 is 0 Å². The Morgan fingerprint density at radius 3 is 2.32 bits per heavy atom. The second-order valence-electron chi connectivity index (χ2n) is 7.97. The Labute approximate surface area is 164 Å². The van der Waals surface area contributed by atoms with Crippen LogP contribution in [0.1, 0.15) is 43.9 Å². The Morgan fingerprint density at radius 1 is 1.18 bits per heavy atom. The molecule has 0 aliphatic carbocycles. The normalized spacial score (nSPS) is 17.4. The van der Waals surface area contributed by atoms with Crippen LogP contribution < -0.4 is 4.74 Å². The smallest absolute Gasteiger partial charge is 0.290 e. The molecule has 1 N–H and O–H groups in total. The molecule has 1 aromatic carbocycles. The van der Waals surface area contributed by atoms with E-state index in [0.29, 0.717) is 17.3 Å². The largest absolute Gasteiger partial charge is 0.503 e. The Balaban J connectivity index is 2.03. The number of aliphatic hydroxyl groups is 1. The number of carbonyl (C=O) groups excluding carboxylic acids is 2. The number of carbonyl (C=O) groups is 2. The van der Waals surface area contributed by atoms with Gasteiger partial charge in [0.05, 0.1) is 12.7 Å². The molecule has 0 fully saturated rings. The second-order valence-corrected chi connectivity index (χ2v) is 7.97. The van der Waals surface area contributed by atoms with E-state index >= 15 is 0 Å². The number of ketones is 1. The van der Waals surface area contributed by atoms with E-state index in [2.05, 4.69) is 0 Å². The standard InChI is InChI=1S/C22H25NO5/c1-13-6-11-16(28-13)18-17(20(25)22(2,3)4)19(24)21(26)23(18)12-14-7-9-15(27-5)10-8-14/h6-11,18,24H,12H2,1-5H3. The van der Waals surface area contributed by atoms with Gasteiger partial charge in [0.25, 0.3) is 5.91 Å². The summed E-state index contributed by atoms with van der Waals surface area (Å²) in [5, 5.41) is 10.6. The summed E-state index contributed by atoms with van der Waals surface area (Å²) in [5.74, 6) is 0.459. The van der Waals surface area contributed by atoms with Crippen LogP contribution in [0.15, 0.2) is 52.1 Å². The maximum Gasteiger partial charge on any atom is 0.290 e. The Morgan fingerprint density at radius 2 is 1.82 bits per heavy atom. The predicted octanol–water partition coefficient (Wildman–Crippen LogP) is 4.11. The first kappa shape index (κ1) is 19.7. The summed E-state index contributed by atoms with van der Waals surface area (Å²) in [6, 6.07) is 10.0. The van der Waals surface area contributed by atoms with Gasteiger partial charge in [0.1, 0.15) is 23.3 Å². The topological polar surface area (TPSA) is 80.0 Å². The summed E-state index contributed by atoms with van der Waals surface area (Å²) >= 11 is 0. The third-order valence-corrected chi connectivity index (χ3v) is 4.77. The number of nitrogens with zero attached hydrogens (tertiary/aromatic N) is 1. The van der Waals surface area contributed by atoms with Gasteiger partial charge in [-0.05, 0) is 36.8 Å². The van der Waals surface area contributed by atoms with Crippen LogP contribution in [0.25, 0.3) is 0 Å². The van der Waals surface area contributed by atoms with Crippen LogP contribution in [0.2, 0.25) is 0 Å². The zero-order chi connectivity index (χ0) is 20.6. The van der Waals surface area contributed by atoms with Crippen molar-refractivity contribution in [3.05, 3.63) is 64.8 Å². The summed E-state index contributed by atoms with van der Waals surface area (Å²) in [6.45, 7) is 7.30. The minimum absolute atomic E-state index is 0.0837. The van der Waals surface area contributed by atoms with Crippen LogP contribution in [-0.4, -0.2) is 28.8 Å². The fraction of sp³-hybridized carbons (Fsp3) is 0.364. The van der Waals surface area contributed by atoms with Crippen LogP contribution in [0.4, 0.5) is 0 Å². The predicted molar refractivity (Wildman–Crippen MR) is 104 cm³/mol. The quantitative estimate of drug-likeness (QED) is 0.840. The van der Waals surface area contributed by atoms with E-state index in [0.717, 1.165) is 5.56 Å². The van der Waals surface area contributed by atoms with Crippen molar-refractivity contribution in [2.45, 2.75) is 40.3 Å². The lowest BCUT2D eigenvalue weighted by Gasteiger charge is -2.27. The maximum absolute atomic E-state index is 13.0. The first-order chi connectivity index (χ1) is 13.1. The van der Waals surface area contributed by atoms with E-state index in [1.165, 1.54) is 4.90 Å². The number of aryl methyl sites for hydroxylation is 1. The minimum atomic E-state index is -0.768. The number of rotatable bonds is 5. The van der Waals surface area contributed by atoms with Gasteiger partial charge in [-0.3, -0.25) is 9.59 Å². The van der Waals surface area contributed by atoms with Crippen molar-refractivity contribution in [1.29, 1.82) is 0 Å². The molecule has 148 valence electrons. The molecule has 1 aliphatic rings. The van der Waals surface area contributed by atoms with Crippen molar-refractivity contribution >= 4 is 11.7 Å². The number of methoxy groups -OCH3 is 1. The Kier molecular flexibility index (Phi) is 5.06. The number of hydrogen-bond donors (Lipinski definition) is 1. The molecule has 1 amide bonds. The molecule has 0 spiro atoms. The van der Waals surface area contributed by atoms with Crippen molar-refractivity contribution in [2.24, 2.45) is 5.41 Å². The molecular weight excluding hydrogens is 358 g/mol. The van der Waals surface area contributed by atoms with E-state index in [9.17, 15) is 14.7 Å². The van der Waals surface area contributed by atoms with Gasteiger partial charge in [0.15, 0.2) is 11.5 Å². The van der Waals surface area contributed by atoms with Gasteiger partial charge in [-0.1, -0.05) is 32.9 Å². The van der Waals surface area contributed by atoms with Gasteiger partial charge < -0.3 is 19.2 Å². The number of furan rings is 1. The van der Waals surface area contributed by atoms with Gasteiger partial charge in [-0.2, -0.15) is 0 Å². The van der Waals surface area contributed by atoms with Crippen molar-refractivity contribution in [3.8, 4) is 5.75 Å². The highest BCUT2D eigenvalue weighted by Gasteiger charge is 2.47. The number of benzene rings is 1. The first-order valence-corrected chi connectivity index (χ1v) is 9.11. The number of hydrogen-bond acceptors (Lipinski definition) is 5. The summed E-state index contributed by atoms with van der Waals surface area (Å²) < 4.78 is 10.9. The zero-order valence-electron chi connectivity index (χ0n) is 16.8. The van der Waals surface area contributed by atoms with E-state index in [1.807, 2.05) is 12.1 Å². The fourth-order valence-corrected chi connectivity index (χ4v) is 3.28. The molecule has 6 heteroatoms. The molecule has 1 aliphatic heterocycles. The van der Waals surface area contributed by atoms with Crippen LogP contribution in [0.3, 0.4) is 0 Å². The van der Waals surface area contributed by atoms with Crippen molar-refractivity contribution in [3.63, 3.8) is 0 Å². The van der Waals surface area contributed by atoms with E-state index in [4.69, 9.17) is 9.15 Å². The lowest BCUT2D eigenvalue weighted by Crippen LogP contribution is -2.32. The van der Waals surface area contributed by atoms with Crippen LogP contribution in [0.5, 0.6) is 5.75 Å². The number of Topliss-reactive ketones (excluding diaryl/α,β-unsaturated/α-hetero) is 1. The third-order valence-electron chi connectivity index (χ3n) is 4.77. The lowest BCUT2D eigenvalue weighted by molar-refractivity contribution is -0.130. The summed E-state index contributed by atoms with van der Waals surface area (Å²) in [5.41, 5.74) is 0.180. The highest BCUT2D eigenvalue weighted by atomic mass is 16.5. The summed E-state index contributed by atoms with van der Waals surface area (Å²) in [7, 11) is 1.58. The van der Waals surface area contributed by atoms with E-state index in [-0.39, 0.29) is 17.9 Å². The molecule has 0 saturated carbocycles. The summed E-state index contributed by atoms with van der Waals surface area (Å²) in [6.07, 6.45) is 0. The highest BCUT2D eigenvalue weighted by molar-refractivity contribution is 6.10. The first-order valence-electron chi connectivity index (χ1n) is 9.11. The van der Waals surface area contributed by atoms with E-state index in [1.54, 1.807) is 59.1 Å². The molecule has 0 bridgehead atoms. The van der Waals surface area contributed by atoms with Gasteiger partial charge in [-0.15, -0.1) is 0 Å². The number of amides is 1. The monoisotopic (exact) mass is 383 g/mol. The molecule has 3 rings (SSSR count). The van der Waals surface area contributed by atoms with Gasteiger partial charge in [-0.25, -0.2) is 0 Å². The van der Waals surface area contributed by atoms with Crippen LogP contribution in [-0.2, 0) is 16.1 Å². The minimum Gasteiger partial charge on any atom is -0.503 e. The molecule has 1 aromatic heterocycles. The van der Waals surface area contributed by atoms with Gasteiger partial charge in [0, 0.05) is 12.0 Å². The molecule has 2 aromatic rings. The van der Waals surface area contributed by atoms with E-state index < -0.39 is 23.1 Å². The molecule has 28 heavy (non-hydrogen) atoms. The Hall–Kier alpha value is -3.02. The highest BCUT2D eigenvalue weighted by Crippen LogP contribution is 2.42. The maximum atomic E-state index is 13.0. The zero-order valence-corrected chi connectivity index (χ0v) is 16.8. The van der Waals surface area contributed by atoms with Crippen molar-refractivity contribution in [1.82, 2.24) is 4.90 Å². The average molecular weight is 383 g/mol. The average Bonchev–Trinajstić information content (AvgIpc) is 3.17. The molecule has 6 nitrogen and oxygen atoms in total. The van der Waals surface area contributed by atoms with Crippen LogP contribution >= 0.6 is 0 Å². The van der Waals surface area contributed by atoms with Gasteiger partial charge in [0.2, 0.25) is 0 Å². The SMILES string of the molecule is COc1ccc(CN2C(=O)C(O)=C(C(=O)C(C)(C)C)C2c2ccc(C)o2)cc1. The van der Waals surface area contributed by atoms with Crippen molar-refractivity contribution < 1.29 is 23.8 Å². The molecule has 0 saturated heterocycles. The number of ether oxygens (including phenoxy) is 1. The molecule has 2 heterocycles. The van der Waals surface area contributed by atoms with Crippen molar-refractivity contribution in [2.75, 3.05) is 7.11 Å². The molecular formula is C22H25NO5. The molecule has 1 atom stereocenters. The second kappa shape index (κ2) is 7.19. The summed E-state index contributed by atoms with van der Waals surface area (Å²) in [4.78, 5) is 27.4. The Bertz CT molecular complexity index is 931. The molecule has 1 unspecified atom stereocenters. The molecule has 0 radical (unpaired) electrons.